The molecule has 0 aliphatic carbocycles. The number of rotatable bonds is 7. The first kappa shape index (κ1) is 19.4. The molecule has 0 unspecified atom stereocenters. The maximum absolute atomic E-state index is 13.2. The largest absolute Gasteiger partial charge is 0.352 e. The first-order valence-corrected chi connectivity index (χ1v) is 8.68. The quantitative estimate of drug-likeness (QED) is 0.528. The highest BCUT2D eigenvalue weighted by atomic mass is 19.1. The summed E-state index contributed by atoms with van der Waals surface area (Å²) in [4.78, 5) is 16.2. The summed E-state index contributed by atoms with van der Waals surface area (Å²) >= 11 is 0. The lowest BCUT2D eigenvalue weighted by molar-refractivity contribution is 0.0953. The van der Waals surface area contributed by atoms with E-state index in [2.05, 4.69) is 20.9 Å². The van der Waals surface area contributed by atoms with Gasteiger partial charge in [-0.2, -0.15) is 0 Å². The van der Waals surface area contributed by atoms with E-state index in [0.717, 1.165) is 17.5 Å². The van der Waals surface area contributed by atoms with Gasteiger partial charge < -0.3 is 16.0 Å². The van der Waals surface area contributed by atoms with Crippen LogP contribution < -0.4 is 16.0 Å². The Balaban J connectivity index is 1.89. The van der Waals surface area contributed by atoms with Crippen molar-refractivity contribution in [1.29, 1.82) is 0 Å². The van der Waals surface area contributed by atoms with Crippen molar-refractivity contribution < 1.29 is 9.18 Å². The van der Waals surface area contributed by atoms with E-state index >= 15 is 0 Å². The zero-order chi connectivity index (χ0) is 18.8. The third kappa shape index (κ3) is 6.20. The molecule has 2 rings (SSSR count). The molecule has 138 valence electrons. The van der Waals surface area contributed by atoms with Crippen LogP contribution in [0, 0.1) is 5.82 Å². The van der Waals surface area contributed by atoms with Gasteiger partial charge in [-0.1, -0.05) is 31.2 Å². The van der Waals surface area contributed by atoms with Gasteiger partial charge >= 0.3 is 0 Å². The van der Waals surface area contributed by atoms with E-state index in [0.29, 0.717) is 31.2 Å². The molecular formula is C20H25FN4O. The number of carbonyl (C=O) groups is 1. The van der Waals surface area contributed by atoms with Crippen LogP contribution in [0.15, 0.2) is 53.5 Å². The summed E-state index contributed by atoms with van der Waals surface area (Å²) in [6.45, 7) is 3.68. The van der Waals surface area contributed by atoms with Crippen LogP contribution in [-0.2, 0) is 13.1 Å². The van der Waals surface area contributed by atoms with Crippen LogP contribution in [0.1, 0.15) is 34.8 Å². The lowest BCUT2D eigenvalue weighted by atomic mass is 10.1. The highest BCUT2D eigenvalue weighted by Gasteiger charge is 2.06. The fourth-order valence-corrected chi connectivity index (χ4v) is 2.40. The molecule has 0 aliphatic heterocycles. The van der Waals surface area contributed by atoms with Gasteiger partial charge in [0.2, 0.25) is 0 Å². The van der Waals surface area contributed by atoms with Crippen LogP contribution in [0.2, 0.25) is 0 Å². The number of benzene rings is 2. The molecule has 0 fully saturated rings. The van der Waals surface area contributed by atoms with Crippen LogP contribution in [0.25, 0.3) is 0 Å². The van der Waals surface area contributed by atoms with Crippen LogP contribution in [0.5, 0.6) is 0 Å². The topological polar surface area (TPSA) is 65.5 Å². The molecule has 0 aromatic heterocycles. The van der Waals surface area contributed by atoms with Crippen molar-refractivity contribution in [2.24, 2.45) is 4.99 Å². The Morgan fingerprint density at radius 3 is 2.27 bits per heavy atom. The summed E-state index contributed by atoms with van der Waals surface area (Å²) in [5.41, 5.74) is 2.45. The third-order valence-corrected chi connectivity index (χ3v) is 3.76. The number of hydrogen-bond acceptors (Lipinski definition) is 2. The van der Waals surface area contributed by atoms with Gasteiger partial charge in [0.15, 0.2) is 5.96 Å². The number of nitrogens with one attached hydrogen (secondary N) is 3. The fourth-order valence-electron chi connectivity index (χ4n) is 2.40. The normalized spacial score (nSPS) is 11.1. The molecule has 26 heavy (non-hydrogen) atoms. The molecular weight excluding hydrogens is 331 g/mol. The second kappa shape index (κ2) is 10.2. The summed E-state index contributed by atoms with van der Waals surface area (Å²) in [6.07, 6.45) is 0.903. The highest BCUT2D eigenvalue weighted by molar-refractivity contribution is 5.94. The molecule has 0 saturated carbocycles. The van der Waals surface area contributed by atoms with E-state index in [1.165, 1.54) is 12.1 Å². The maximum atomic E-state index is 13.2. The van der Waals surface area contributed by atoms with Crippen molar-refractivity contribution in [3.63, 3.8) is 0 Å². The molecule has 0 aliphatic rings. The lowest BCUT2D eigenvalue weighted by Gasteiger charge is -2.13. The summed E-state index contributed by atoms with van der Waals surface area (Å²) in [6, 6.07) is 13.9. The standard InChI is InChI=1S/C20H25FN4O/c1-3-10-23-19(26)17-8-4-6-15(11-17)13-24-20(22-2)25-14-16-7-5-9-18(21)12-16/h4-9,11-12H,3,10,13-14H2,1-2H3,(H,23,26)(H2,22,24,25). The zero-order valence-corrected chi connectivity index (χ0v) is 15.2. The number of amides is 1. The molecule has 0 radical (unpaired) electrons. The first-order valence-electron chi connectivity index (χ1n) is 8.68. The number of aliphatic imine (C=N–C) groups is 1. The highest BCUT2D eigenvalue weighted by Crippen LogP contribution is 2.06. The summed E-state index contributed by atoms with van der Waals surface area (Å²) in [5, 5.41) is 9.20. The number of guanidine groups is 1. The predicted octanol–water partition coefficient (Wildman–Crippen LogP) is 2.83. The van der Waals surface area contributed by atoms with Crippen LogP contribution >= 0.6 is 0 Å². The van der Waals surface area contributed by atoms with Crippen molar-refractivity contribution in [1.82, 2.24) is 16.0 Å². The second-order valence-electron chi connectivity index (χ2n) is 5.87. The van der Waals surface area contributed by atoms with Gasteiger partial charge in [-0.3, -0.25) is 9.79 Å². The minimum absolute atomic E-state index is 0.0673. The van der Waals surface area contributed by atoms with E-state index in [-0.39, 0.29) is 11.7 Å². The summed E-state index contributed by atoms with van der Waals surface area (Å²) in [5.74, 6) is 0.280. The fraction of sp³-hybridized carbons (Fsp3) is 0.300. The molecule has 2 aromatic rings. The van der Waals surface area contributed by atoms with Crippen molar-refractivity contribution in [2.45, 2.75) is 26.4 Å². The maximum Gasteiger partial charge on any atom is 0.251 e. The molecule has 0 heterocycles. The van der Waals surface area contributed by atoms with E-state index in [1.54, 1.807) is 19.2 Å². The minimum atomic E-state index is -0.259. The lowest BCUT2D eigenvalue weighted by Crippen LogP contribution is -2.36. The van der Waals surface area contributed by atoms with E-state index < -0.39 is 0 Å². The monoisotopic (exact) mass is 356 g/mol. The molecule has 2 aromatic carbocycles. The zero-order valence-electron chi connectivity index (χ0n) is 15.2. The van der Waals surface area contributed by atoms with Gasteiger partial charge in [-0.15, -0.1) is 0 Å². The third-order valence-electron chi connectivity index (χ3n) is 3.76. The van der Waals surface area contributed by atoms with Crippen molar-refractivity contribution in [2.75, 3.05) is 13.6 Å². The van der Waals surface area contributed by atoms with E-state index in [9.17, 15) is 9.18 Å². The van der Waals surface area contributed by atoms with Crippen molar-refractivity contribution in [3.8, 4) is 0 Å². The molecule has 6 heteroatoms. The number of carbonyl (C=O) groups excluding carboxylic acids is 1. The smallest absolute Gasteiger partial charge is 0.251 e. The predicted molar refractivity (Wildman–Crippen MR) is 103 cm³/mol. The Morgan fingerprint density at radius 1 is 1.00 bits per heavy atom. The second-order valence-corrected chi connectivity index (χ2v) is 5.87. The van der Waals surface area contributed by atoms with E-state index in [4.69, 9.17) is 0 Å². The number of halogens is 1. The Kier molecular flexibility index (Phi) is 7.61. The molecule has 1 amide bonds. The van der Waals surface area contributed by atoms with Gasteiger partial charge in [-0.05, 0) is 41.8 Å². The summed E-state index contributed by atoms with van der Waals surface area (Å²) in [7, 11) is 1.68. The Bertz CT molecular complexity index is 761. The molecule has 0 spiro atoms. The van der Waals surface area contributed by atoms with E-state index in [1.807, 2.05) is 31.2 Å². The van der Waals surface area contributed by atoms with Gasteiger partial charge in [0.25, 0.3) is 5.91 Å². The van der Waals surface area contributed by atoms with Gasteiger partial charge in [0.05, 0.1) is 0 Å². The molecule has 3 N–H and O–H groups in total. The molecule has 0 bridgehead atoms. The molecule has 0 atom stereocenters. The van der Waals surface area contributed by atoms with Gasteiger partial charge in [0, 0.05) is 32.2 Å². The van der Waals surface area contributed by atoms with Gasteiger partial charge in [-0.25, -0.2) is 4.39 Å². The Morgan fingerprint density at radius 2 is 1.65 bits per heavy atom. The summed E-state index contributed by atoms with van der Waals surface area (Å²) < 4.78 is 13.2. The van der Waals surface area contributed by atoms with Crippen molar-refractivity contribution in [3.05, 3.63) is 71.0 Å². The average molecular weight is 356 g/mol. The average Bonchev–Trinajstić information content (AvgIpc) is 2.66. The Labute approximate surface area is 153 Å². The van der Waals surface area contributed by atoms with Crippen molar-refractivity contribution >= 4 is 11.9 Å². The molecule has 5 nitrogen and oxygen atoms in total. The Hall–Kier alpha value is -2.89. The SMILES string of the molecule is CCCNC(=O)c1cccc(CNC(=NC)NCc2cccc(F)c2)c1. The number of hydrogen-bond donors (Lipinski definition) is 3. The van der Waals surface area contributed by atoms with Crippen LogP contribution in [-0.4, -0.2) is 25.5 Å². The van der Waals surface area contributed by atoms with Crippen LogP contribution in [0.4, 0.5) is 4.39 Å². The first-order chi connectivity index (χ1) is 12.6. The number of nitrogens with zero attached hydrogens (tertiary/aromatic N) is 1. The van der Waals surface area contributed by atoms with Gasteiger partial charge in [0.1, 0.15) is 5.82 Å². The minimum Gasteiger partial charge on any atom is -0.352 e. The van der Waals surface area contributed by atoms with Crippen LogP contribution in [0.3, 0.4) is 0 Å². The molecule has 0 saturated heterocycles.